The van der Waals surface area contributed by atoms with Crippen molar-refractivity contribution < 1.29 is 4.79 Å². The number of rotatable bonds is 3. The Labute approximate surface area is 103 Å². The van der Waals surface area contributed by atoms with Gasteiger partial charge in [0.1, 0.15) is 0 Å². The molecule has 0 amide bonds. The fraction of sp³-hybridized carbons (Fsp3) is 0.500. The van der Waals surface area contributed by atoms with E-state index in [1.807, 2.05) is 12.1 Å². The number of hydrogen-bond acceptors (Lipinski definition) is 1. The Morgan fingerprint density at radius 2 is 1.88 bits per heavy atom. The molecule has 88 valence electrons. The summed E-state index contributed by atoms with van der Waals surface area (Å²) < 4.78 is 0. The number of benzene rings is 1. The molecule has 0 saturated heterocycles. The SMILES string of the molecule is CC(CC(=O)c1ccccc1Cl)C(C)(C)C. The predicted molar refractivity (Wildman–Crippen MR) is 69.0 cm³/mol. The van der Waals surface area contributed by atoms with Gasteiger partial charge in [0.15, 0.2) is 5.78 Å². The maximum absolute atomic E-state index is 12.0. The van der Waals surface area contributed by atoms with Gasteiger partial charge in [-0.05, 0) is 23.5 Å². The van der Waals surface area contributed by atoms with E-state index in [4.69, 9.17) is 11.6 Å². The van der Waals surface area contributed by atoms with Crippen molar-refractivity contribution in [3.8, 4) is 0 Å². The van der Waals surface area contributed by atoms with E-state index in [-0.39, 0.29) is 11.2 Å². The van der Waals surface area contributed by atoms with Crippen LogP contribution in [0, 0.1) is 11.3 Å². The molecule has 0 aliphatic heterocycles. The fourth-order valence-corrected chi connectivity index (χ4v) is 1.62. The van der Waals surface area contributed by atoms with Gasteiger partial charge in [-0.25, -0.2) is 0 Å². The third-order valence-corrected chi connectivity index (χ3v) is 3.47. The second kappa shape index (κ2) is 5.01. The van der Waals surface area contributed by atoms with Gasteiger partial charge >= 0.3 is 0 Å². The standard InChI is InChI=1S/C14H19ClO/c1-10(14(2,3)4)9-13(16)11-7-5-6-8-12(11)15/h5-8,10H,9H2,1-4H3. The van der Waals surface area contributed by atoms with Gasteiger partial charge in [-0.1, -0.05) is 51.4 Å². The molecule has 1 unspecified atom stereocenters. The molecule has 1 rings (SSSR count). The highest BCUT2D eigenvalue weighted by Gasteiger charge is 2.23. The van der Waals surface area contributed by atoms with Crippen LogP contribution < -0.4 is 0 Å². The fourth-order valence-electron chi connectivity index (χ4n) is 1.38. The van der Waals surface area contributed by atoms with Crippen molar-refractivity contribution in [1.29, 1.82) is 0 Å². The first-order valence-electron chi connectivity index (χ1n) is 5.60. The Morgan fingerprint density at radius 3 is 2.38 bits per heavy atom. The second-order valence-corrected chi connectivity index (χ2v) is 5.78. The van der Waals surface area contributed by atoms with Crippen LogP contribution in [0.2, 0.25) is 5.02 Å². The molecular weight excluding hydrogens is 220 g/mol. The van der Waals surface area contributed by atoms with Crippen LogP contribution in [0.25, 0.3) is 0 Å². The summed E-state index contributed by atoms with van der Waals surface area (Å²) in [4.78, 5) is 12.0. The molecule has 0 N–H and O–H groups in total. The molecule has 0 spiro atoms. The summed E-state index contributed by atoms with van der Waals surface area (Å²) in [7, 11) is 0. The smallest absolute Gasteiger partial charge is 0.164 e. The summed E-state index contributed by atoms with van der Waals surface area (Å²) in [5.41, 5.74) is 0.789. The third-order valence-electron chi connectivity index (χ3n) is 3.14. The first kappa shape index (κ1) is 13.2. The quantitative estimate of drug-likeness (QED) is 0.704. The molecule has 2 heteroatoms. The van der Waals surface area contributed by atoms with Crippen LogP contribution in [0.4, 0.5) is 0 Å². The zero-order valence-electron chi connectivity index (χ0n) is 10.4. The van der Waals surface area contributed by atoms with Gasteiger partial charge in [-0.15, -0.1) is 0 Å². The largest absolute Gasteiger partial charge is 0.294 e. The Balaban J connectivity index is 2.78. The summed E-state index contributed by atoms with van der Waals surface area (Å²) in [6, 6.07) is 7.24. The molecule has 1 aromatic rings. The Hall–Kier alpha value is -0.820. The molecule has 0 aliphatic rings. The molecule has 0 saturated carbocycles. The molecule has 1 nitrogen and oxygen atoms in total. The number of Topliss-reactive ketones (excluding diaryl/α,β-unsaturated/α-hetero) is 1. The zero-order chi connectivity index (χ0) is 12.3. The lowest BCUT2D eigenvalue weighted by Gasteiger charge is -2.26. The van der Waals surface area contributed by atoms with Gasteiger partial charge < -0.3 is 0 Å². The molecule has 0 radical (unpaired) electrons. The van der Waals surface area contributed by atoms with E-state index >= 15 is 0 Å². The lowest BCUT2D eigenvalue weighted by molar-refractivity contribution is 0.0927. The van der Waals surface area contributed by atoms with Gasteiger partial charge in [-0.2, -0.15) is 0 Å². The normalized spacial score (nSPS) is 13.6. The summed E-state index contributed by atoms with van der Waals surface area (Å²) >= 11 is 6.00. The highest BCUT2D eigenvalue weighted by Crippen LogP contribution is 2.30. The highest BCUT2D eigenvalue weighted by atomic mass is 35.5. The molecule has 0 aliphatic carbocycles. The van der Waals surface area contributed by atoms with Crippen LogP contribution in [0.3, 0.4) is 0 Å². The first-order chi connectivity index (χ1) is 7.32. The monoisotopic (exact) mass is 238 g/mol. The van der Waals surface area contributed by atoms with Gasteiger partial charge in [0.25, 0.3) is 0 Å². The zero-order valence-corrected chi connectivity index (χ0v) is 11.1. The minimum Gasteiger partial charge on any atom is -0.294 e. The average molecular weight is 239 g/mol. The minimum absolute atomic E-state index is 0.132. The number of hydrogen-bond donors (Lipinski definition) is 0. The van der Waals surface area contributed by atoms with E-state index in [0.717, 1.165) is 0 Å². The van der Waals surface area contributed by atoms with Crippen LogP contribution in [-0.4, -0.2) is 5.78 Å². The summed E-state index contributed by atoms with van der Waals surface area (Å²) in [6.07, 6.45) is 0.549. The molecule has 0 heterocycles. The molecule has 1 aromatic carbocycles. The number of carbonyl (C=O) groups excluding carboxylic acids is 1. The number of ketones is 1. The van der Waals surface area contributed by atoms with Gasteiger partial charge in [0.2, 0.25) is 0 Å². The predicted octanol–water partition coefficient (Wildman–Crippen LogP) is 4.60. The summed E-state index contributed by atoms with van der Waals surface area (Å²) in [5, 5.41) is 0.550. The Kier molecular flexibility index (Phi) is 4.15. The van der Waals surface area contributed by atoms with Crippen molar-refractivity contribution in [3.63, 3.8) is 0 Å². The first-order valence-corrected chi connectivity index (χ1v) is 5.98. The number of carbonyl (C=O) groups is 1. The van der Waals surface area contributed by atoms with E-state index in [1.54, 1.807) is 12.1 Å². The van der Waals surface area contributed by atoms with Crippen LogP contribution in [0.15, 0.2) is 24.3 Å². The van der Waals surface area contributed by atoms with Crippen LogP contribution >= 0.6 is 11.6 Å². The van der Waals surface area contributed by atoms with Crippen LogP contribution in [0.1, 0.15) is 44.5 Å². The highest BCUT2D eigenvalue weighted by molar-refractivity contribution is 6.33. The van der Waals surface area contributed by atoms with Gasteiger partial charge in [0.05, 0.1) is 5.02 Å². The van der Waals surface area contributed by atoms with Crippen molar-refractivity contribution >= 4 is 17.4 Å². The van der Waals surface area contributed by atoms with Crippen molar-refractivity contribution in [1.82, 2.24) is 0 Å². The average Bonchev–Trinajstić information content (AvgIpc) is 2.16. The van der Waals surface area contributed by atoms with Crippen LogP contribution in [-0.2, 0) is 0 Å². The lowest BCUT2D eigenvalue weighted by atomic mass is 9.78. The summed E-state index contributed by atoms with van der Waals surface area (Å²) in [6.45, 7) is 8.56. The maximum Gasteiger partial charge on any atom is 0.164 e. The Bertz CT molecular complexity index is 377. The van der Waals surface area contributed by atoms with Crippen molar-refractivity contribution in [3.05, 3.63) is 34.9 Å². The van der Waals surface area contributed by atoms with E-state index in [1.165, 1.54) is 0 Å². The molecule has 16 heavy (non-hydrogen) atoms. The van der Waals surface area contributed by atoms with Gasteiger partial charge in [0, 0.05) is 12.0 Å². The van der Waals surface area contributed by atoms with E-state index in [9.17, 15) is 4.79 Å². The van der Waals surface area contributed by atoms with E-state index in [0.29, 0.717) is 22.9 Å². The maximum atomic E-state index is 12.0. The molecule has 0 aromatic heterocycles. The van der Waals surface area contributed by atoms with E-state index < -0.39 is 0 Å². The van der Waals surface area contributed by atoms with Gasteiger partial charge in [-0.3, -0.25) is 4.79 Å². The molecule has 1 atom stereocenters. The minimum atomic E-state index is 0.132. The Morgan fingerprint density at radius 1 is 1.31 bits per heavy atom. The lowest BCUT2D eigenvalue weighted by Crippen LogP contribution is -2.20. The number of halogens is 1. The molecule has 0 fully saturated rings. The van der Waals surface area contributed by atoms with Crippen molar-refractivity contribution in [2.75, 3.05) is 0 Å². The third kappa shape index (κ3) is 3.34. The summed E-state index contributed by atoms with van der Waals surface area (Å²) in [5.74, 6) is 0.476. The van der Waals surface area contributed by atoms with Crippen molar-refractivity contribution in [2.45, 2.75) is 34.1 Å². The molecular formula is C14H19ClO. The van der Waals surface area contributed by atoms with Crippen molar-refractivity contribution in [2.24, 2.45) is 11.3 Å². The second-order valence-electron chi connectivity index (χ2n) is 5.37. The van der Waals surface area contributed by atoms with Crippen LogP contribution in [0.5, 0.6) is 0 Å². The van der Waals surface area contributed by atoms with E-state index in [2.05, 4.69) is 27.7 Å². The molecule has 0 bridgehead atoms. The topological polar surface area (TPSA) is 17.1 Å².